The van der Waals surface area contributed by atoms with Gasteiger partial charge < -0.3 is 20.9 Å². The van der Waals surface area contributed by atoms with Crippen LogP contribution in [0, 0.1) is 0 Å². The van der Waals surface area contributed by atoms with E-state index < -0.39 is 5.97 Å². The second kappa shape index (κ2) is 6.43. The van der Waals surface area contributed by atoms with Crippen molar-refractivity contribution < 1.29 is 14.6 Å². The quantitative estimate of drug-likeness (QED) is 0.711. The Balaban J connectivity index is 1.89. The minimum atomic E-state index is -0.969. The van der Waals surface area contributed by atoms with Crippen LogP contribution < -0.4 is 11.1 Å². The first kappa shape index (κ1) is 13.7. The van der Waals surface area contributed by atoms with Crippen molar-refractivity contribution >= 4 is 17.3 Å². The molecule has 1 aliphatic heterocycles. The van der Waals surface area contributed by atoms with Crippen LogP contribution in [0.1, 0.15) is 36.0 Å². The minimum Gasteiger partial charge on any atom is -0.478 e. The van der Waals surface area contributed by atoms with Gasteiger partial charge in [-0.15, -0.1) is 0 Å². The molecule has 1 saturated heterocycles. The van der Waals surface area contributed by atoms with Gasteiger partial charge in [0.15, 0.2) is 0 Å². The van der Waals surface area contributed by atoms with E-state index in [4.69, 9.17) is 15.6 Å². The van der Waals surface area contributed by atoms with Gasteiger partial charge in [-0.25, -0.2) is 4.79 Å². The van der Waals surface area contributed by atoms with E-state index >= 15 is 0 Å². The third-order valence-electron chi connectivity index (χ3n) is 3.33. The molecule has 0 bridgehead atoms. The van der Waals surface area contributed by atoms with Crippen LogP contribution in [0.15, 0.2) is 18.2 Å². The Morgan fingerprint density at radius 3 is 3.00 bits per heavy atom. The minimum absolute atomic E-state index is 0.213. The summed E-state index contributed by atoms with van der Waals surface area (Å²) in [6, 6.07) is 4.88. The van der Waals surface area contributed by atoms with Crippen molar-refractivity contribution in [1.29, 1.82) is 0 Å². The molecule has 0 saturated carbocycles. The van der Waals surface area contributed by atoms with Crippen LogP contribution in [0.25, 0.3) is 0 Å². The summed E-state index contributed by atoms with van der Waals surface area (Å²) in [7, 11) is 0. The molecule has 1 aromatic carbocycles. The summed E-state index contributed by atoms with van der Waals surface area (Å²) in [6.45, 7) is 1.54. The number of nitrogens with two attached hydrogens (primary N) is 1. The number of rotatable bonds is 5. The highest BCUT2D eigenvalue weighted by Crippen LogP contribution is 2.20. The molecule has 1 heterocycles. The molecule has 1 unspecified atom stereocenters. The van der Waals surface area contributed by atoms with Gasteiger partial charge in [0.25, 0.3) is 0 Å². The lowest BCUT2D eigenvalue weighted by atomic mass is 10.1. The molecule has 5 nitrogen and oxygen atoms in total. The van der Waals surface area contributed by atoms with Gasteiger partial charge in [-0.2, -0.15) is 0 Å². The zero-order valence-electron chi connectivity index (χ0n) is 10.9. The van der Waals surface area contributed by atoms with Crippen molar-refractivity contribution in [2.75, 3.05) is 24.2 Å². The molecule has 0 radical (unpaired) electrons. The molecule has 1 atom stereocenters. The molecule has 0 amide bonds. The molecule has 5 heteroatoms. The smallest absolute Gasteiger partial charge is 0.337 e. The van der Waals surface area contributed by atoms with Crippen molar-refractivity contribution in [3.8, 4) is 0 Å². The first-order valence-corrected chi connectivity index (χ1v) is 6.65. The first-order valence-electron chi connectivity index (χ1n) is 6.65. The number of benzene rings is 1. The fourth-order valence-electron chi connectivity index (χ4n) is 2.30. The normalized spacial score (nSPS) is 19.1. The van der Waals surface area contributed by atoms with Gasteiger partial charge in [-0.05, 0) is 43.9 Å². The Kier molecular flexibility index (Phi) is 4.63. The Bertz CT molecular complexity index is 442. The summed E-state index contributed by atoms with van der Waals surface area (Å²) in [5, 5.41) is 12.3. The molecular weight excluding hydrogens is 244 g/mol. The molecule has 1 aliphatic rings. The van der Waals surface area contributed by atoms with Gasteiger partial charge in [0.1, 0.15) is 0 Å². The Hall–Kier alpha value is -1.75. The number of hydrogen-bond acceptors (Lipinski definition) is 4. The van der Waals surface area contributed by atoms with Crippen molar-refractivity contribution in [3.05, 3.63) is 23.8 Å². The maximum atomic E-state index is 11.1. The van der Waals surface area contributed by atoms with E-state index in [1.165, 1.54) is 12.5 Å². The summed E-state index contributed by atoms with van der Waals surface area (Å²) in [4.78, 5) is 11.1. The van der Waals surface area contributed by atoms with Crippen LogP contribution >= 0.6 is 0 Å². The van der Waals surface area contributed by atoms with E-state index in [0.717, 1.165) is 25.9 Å². The van der Waals surface area contributed by atoms with Crippen molar-refractivity contribution in [1.82, 2.24) is 0 Å². The fraction of sp³-hybridized carbons (Fsp3) is 0.500. The SMILES string of the molecule is Nc1ccc(NCCC2CCCCO2)c(C(=O)O)c1. The third-order valence-corrected chi connectivity index (χ3v) is 3.33. The zero-order valence-corrected chi connectivity index (χ0v) is 10.9. The number of carboxylic acids is 1. The number of nitrogens with one attached hydrogen (secondary N) is 1. The highest BCUT2D eigenvalue weighted by Gasteiger charge is 2.14. The molecule has 1 aromatic rings. The van der Waals surface area contributed by atoms with Gasteiger partial charge in [-0.1, -0.05) is 0 Å². The summed E-state index contributed by atoms with van der Waals surface area (Å²) < 4.78 is 5.64. The average molecular weight is 264 g/mol. The second-order valence-electron chi connectivity index (χ2n) is 4.81. The number of carbonyl (C=O) groups is 1. The topological polar surface area (TPSA) is 84.6 Å². The van der Waals surface area contributed by atoms with Crippen LogP contribution in [0.4, 0.5) is 11.4 Å². The van der Waals surface area contributed by atoms with Crippen molar-refractivity contribution in [2.24, 2.45) is 0 Å². The Morgan fingerprint density at radius 1 is 1.47 bits per heavy atom. The Morgan fingerprint density at radius 2 is 2.32 bits per heavy atom. The van der Waals surface area contributed by atoms with Gasteiger partial charge >= 0.3 is 5.97 Å². The van der Waals surface area contributed by atoms with Crippen LogP contribution in [0.3, 0.4) is 0 Å². The monoisotopic (exact) mass is 264 g/mol. The maximum absolute atomic E-state index is 11.1. The van der Waals surface area contributed by atoms with Crippen LogP contribution in [0.2, 0.25) is 0 Å². The number of carboxylic acid groups (broad SMARTS) is 1. The van der Waals surface area contributed by atoms with Crippen molar-refractivity contribution in [3.63, 3.8) is 0 Å². The predicted octanol–water partition coefficient (Wildman–Crippen LogP) is 2.34. The molecule has 0 spiro atoms. The molecular formula is C14H20N2O3. The molecule has 2 rings (SSSR count). The lowest BCUT2D eigenvalue weighted by Gasteiger charge is -2.22. The van der Waals surface area contributed by atoms with Crippen LogP contribution in [-0.4, -0.2) is 30.3 Å². The number of nitrogen functional groups attached to an aromatic ring is 1. The van der Waals surface area contributed by atoms with Gasteiger partial charge in [0.05, 0.1) is 11.7 Å². The molecule has 104 valence electrons. The van der Waals surface area contributed by atoms with E-state index in [9.17, 15) is 4.79 Å². The largest absolute Gasteiger partial charge is 0.478 e. The molecule has 1 fully saturated rings. The molecule has 19 heavy (non-hydrogen) atoms. The lowest BCUT2D eigenvalue weighted by molar-refractivity contribution is 0.0134. The van der Waals surface area contributed by atoms with E-state index in [2.05, 4.69) is 5.32 Å². The number of ether oxygens (including phenoxy) is 1. The summed E-state index contributed by atoms with van der Waals surface area (Å²) >= 11 is 0. The van der Waals surface area contributed by atoms with E-state index in [0.29, 0.717) is 24.0 Å². The Labute approximate surface area is 112 Å². The number of hydrogen-bond donors (Lipinski definition) is 3. The zero-order chi connectivity index (χ0) is 13.7. The van der Waals surface area contributed by atoms with Gasteiger partial charge in [0.2, 0.25) is 0 Å². The highest BCUT2D eigenvalue weighted by atomic mass is 16.5. The number of aromatic carboxylic acids is 1. The van der Waals surface area contributed by atoms with Gasteiger partial charge in [0, 0.05) is 24.5 Å². The predicted molar refractivity (Wildman–Crippen MR) is 74.5 cm³/mol. The van der Waals surface area contributed by atoms with Crippen molar-refractivity contribution in [2.45, 2.75) is 31.8 Å². The van der Waals surface area contributed by atoms with E-state index in [1.807, 2.05) is 0 Å². The molecule has 4 N–H and O–H groups in total. The van der Waals surface area contributed by atoms with Crippen LogP contribution in [0.5, 0.6) is 0 Å². The number of anilines is 2. The molecule has 0 aliphatic carbocycles. The van der Waals surface area contributed by atoms with Crippen LogP contribution in [-0.2, 0) is 4.74 Å². The maximum Gasteiger partial charge on any atom is 0.337 e. The molecule has 0 aromatic heterocycles. The lowest BCUT2D eigenvalue weighted by Crippen LogP contribution is -2.22. The summed E-state index contributed by atoms with van der Waals surface area (Å²) in [5.74, 6) is -0.969. The van der Waals surface area contributed by atoms with Gasteiger partial charge in [-0.3, -0.25) is 0 Å². The standard InChI is InChI=1S/C14H20N2O3/c15-10-4-5-13(12(9-10)14(17)18)16-7-6-11-3-1-2-8-19-11/h4-5,9,11,16H,1-3,6-8,15H2,(H,17,18). The van der Waals surface area contributed by atoms with E-state index in [-0.39, 0.29) is 5.56 Å². The highest BCUT2D eigenvalue weighted by molar-refractivity contribution is 5.95. The average Bonchev–Trinajstić information content (AvgIpc) is 2.41. The fourth-order valence-corrected chi connectivity index (χ4v) is 2.30. The first-order chi connectivity index (χ1) is 9.16. The van der Waals surface area contributed by atoms with E-state index in [1.54, 1.807) is 12.1 Å². The summed E-state index contributed by atoms with van der Waals surface area (Å²) in [6.07, 6.45) is 4.64. The third kappa shape index (κ3) is 3.86. The summed E-state index contributed by atoms with van der Waals surface area (Å²) in [5.41, 5.74) is 6.88. The second-order valence-corrected chi connectivity index (χ2v) is 4.81.